The third kappa shape index (κ3) is 3.81. The van der Waals surface area contributed by atoms with Crippen LogP contribution in [0.1, 0.15) is 5.56 Å². The molecule has 0 saturated heterocycles. The van der Waals surface area contributed by atoms with Gasteiger partial charge in [0, 0.05) is 33.0 Å². The second kappa shape index (κ2) is 6.21. The standard InChI is InChI=1S/C13H10ClIN2O2/c14-10-3-1-2-9(6-10)8-16-13-5-4-11(17(18)19)7-12(13)15/h1-7,16H,8H2. The van der Waals surface area contributed by atoms with Crippen LogP contribution < -0.4 is 5.32 Å². The molecule has 19 heavy (non-hydrogen) atoms. The Labute approximate surface area is 129 Å². The van der Waals surface area contributed by atoms with Crippen molar-refractivity contribution in [1.29, 1.82) is 0 Å². The molecule has 0 aromatic heterocycles. The van der Waals surface area contributed by atoms with E-state index in [9.17, 15) is 10.1 Å². The maximum atomic E-state index is 10.6. The summed E-state index contributed by atoms with van der Waals surface area (Å²) in [6, 6.07) is 12.3. The minimum absolute atomic E-state index is 0.0951. The number of rotatable bonds is 4. The topological polar surface area (TPSA) is 55.2 Å². The van der Waals surface area contributed by atoms with Crippen LogP contribution in [0, 0.1) is 13.7 Å². The maximum absolute atomic E-state index is 10.6. The van der Waals surface area contributed by atoms with Gasteiger partial charge in [0.05, 0.1) is 4.92 Å². The molecule has 2 aromatic rings. The fraction of sp³-hybridized carbons (Fsp3) is 0.0769. The number of hydrogen-bond acceptors (Lipinski definition) is 3. The van der Waals surface area contributed by atoms with E-state index >= 15 is 0 Å². The van der Waals surface area contributed by atoms with E-state index in [4.69, 9.17) is 11.6 Å². The molecule has 4 nitrogen and oxygen atoms in total. The lowest BCUT2D eigenvalue weighted by atomic mass is 10.2. The Balaban J connectivity index is 2.10. The number of benzene rings is 2. The van der Waals surface area contributed by atoms with Crippen molar-refractivity contribution in [3.8, 4) is 0 Å². The number of hydrogen-bond donors (Lipinski definition) is 1. The molecule has 0 amide bonds. The van der Waals surface area contributed by atoms with Gasteiger partial charge in [0.1, 0.15) is 0 Å². The van der Waals surface area contributed by atoms with E-state index in [1.165, 1.54) is 6.07 Å². The van der Waals surface area contributed by atoms with Gasteiger partial charge >= 0.3 is 0 Å². The molecule has 0 bridgehead atoms. The van der Waals surface area contributed by atoms with Crippen LogP contribution in [0.15, 0.2) is 42.5 Å². The first-order chi connectivity index (χ1) is 9.06. The predicted molar refractivity (Wildman–Crippen MR) is 84.6 cm³/mol. The first-order valence-corrected chi connectivity index (χ1v) is 6.94. The fourth-order valence-corrected chi connectivity index (χ4v) is 2.51. The van der Waals surface area contributed by atoms with Gasteiger partial charge in [-0.05, 0) is 46.4 Å². The maximum Gasteiger partial charge on any atom is 0.270 e. The lowest BCUT2D eigenvalue weighted by Gasteiger charge is -2.08. The van der Waals surface area contributed by atoms with E-state index in [-0.39, 0.29) is 5.69 Å². The van der Waals surface area contributed by atoms with Crippen LogP contribution in [-0.2, 0) is 6.54 Å². The summed E-state index contributed by atoms with van der Waals surface area (Å²) in [6.07, 6.45) is 0. The van der Waals surface area contributed by atoms with Crippen LogP contribution in [0.3, 0.4) is 0 Å². The molecule has 0 fully saturated rings. The van der Waals surface area contributed by atoms with Crippen LogP contribution in [0.5, 0.6) is 0 Å². The molecule has 0 aliphatic rings. The summed E-state index contributed by atoms with van der Waals surface area (Å²) in [7, 11) is 0. The average Bonchev–Trinajstić information content (AvgIpc) is 2.37. The quantitative estimate of drug-likeness (QED) is 0.478. The molecule has 0 radical (unpaired) electrons. The van der Waals surface area contributed by atoms with Crippen molar-refractivity contribution in [2.75, 3.05) is 5.32 Å². The van der Waals surface area contributed by atoms with Crippen LogP contribution in [0.25, 0.3) is 0 Å². The Bertz CT molecular complexity index is 619. The van der Waals surface area contributed by atoms with Gasteiger partial charge in [-0.1, -0.05) is 23.7 Å². The summed E-state index contributed by atoms with van der Waals surface area (Å²) in [4.78, 5) is 10.2. The summed E-state index contributed by atoms with van der Waals surface area (Å²) < 4.78 is 0.814. The van der Waals surface area contributed by atoms with E-state index in [0.29, 0.717) is 11.6 Å². The zero-order valence-electron chi connectivity index (χ0n) is 9.77. The first kappa shape index (κ1) is 14.1. The Kier molecular flexibility index (Phi) is 4.60. The highest BCUT2D eigenvalue weighted by Crippen LogP contribution is 2.24. The van der Waals surface area contributed by atoms with Gasteiger partial charge in [0.15, 0.2) is 0 Å². The number of nitrogens with zero attached hydrogens (tertiary/aromatic N) is 1. The van der Waals surface area contributed by atoms with Crippen LogP contribution in [-0.4, -0.2) is 4.92 Å². The van der Waals surface area contributed by atoms with E-state index in [1.54, 1.807) is 12.1 Å². The van der Waals surface area contributed by atoms with Crippen LogP contribution in [0.4, 0.5) is 11.4 Å². The highest BCUT2D eigenvalue weighted by Gasteiger charge is 2.08. The fourth-order valence-electron chi connectivity index (χ4n) is 1.61. The smallest absolute Gasteiger partial charge is 0.270 e. The van der Waals surface area contributed by atoms with Crippen molar-refractivity contribution in [3.05, 3.63) is 66.7 Å². The second-order valence-corrected chi connectivity index (χ2v) is 5.50. The van der Waals surface area contributed by atoms with E-state index in [0.717, 1.165) is 14.8 Å². The molecular formula is C13H10ClIN2O2. The largest absolute Gasteiger partial charge is 0.380 e. The Morgan fingerprint density at radius 1 is 1.26 bits per heavy atom. The van der Waals surface area contributed by atoms with Gasteiger partial charge in [0.2, 0.25) is 0 Å². The highest BCUT2D eigenvalue weighted by molar-refractivity contribution is 14.1. The predicted octanol–water partition coefficient (Wildman–Crippen LogP) is 4.46. The molecule has 1 N–H and O–H groups in total. The molecule has 98 valence electrons. The average molecular weight is 389 g/mol. The van der Waals surface area contributed by atoms with E-state index in [2.05, 4.69) is 27.9 Å². The molecule has 6 heteroatoms. The van der Waals surface area contributed by atoms with Crippen molar-refractivity contribution in [2.45, 2.75) is 6.54 Å². The van der Waals surface area contributed by atoms with Crippen LogP contribution >= 0.6 is 34.2 Å². The van der Waals surface area contributed by atoms with Gasteiger partial charge in [-0.3, -0.25) is 10.1 Å². The number of nitro groups is 1. The Hall–Kier alpha value is -1.34. The lowest BCUT2D eigenvalue weighted by Crippen LogP contribution is -2.01. The van der Waals surface area contributed by atoms with E-state index in [1.807, 2.05) is 24.3 Å². The molecule has 0 aliphatic carbocycles. The minimum atomic E-state index is -0.400. The van der Waals surface area contributed by atoms with Gasteiger partial charge in [0.25, 0.3) is 5.69 Å². The molecule has 0 heterocycles. The number of non-ortho nitro benzene ring substituents is 1. The minimum Gasteiger partial charge on any atom is -0.380 e. The van der Waals surface area contributed by atoms with Gasteiger partial charge in [-0.15, -0.1) is 0 Å². The Morgan fingerprint density at radius 3 is 2.68 bits per heavy atom. The van der Waals surface area contributed by atoms with Crippen molar-refractivity contribution < 1.29 is 4.92 Å². The molecule has 2 aromatic carbocycles. The summed E-state index contributed by atoms with van der Waals surface area (Å²) in [6.45, 7) is 0.619. The van der Waals surface area contributed by atoms with Crippen LogP contribution in [0.2, 0.25) is 5.02 Å². The zero-order valence-corrected chi connectivity index (χ0v) is 12.7. The van der Waals surface area contributed by atoms with Crippen molar-refractivity contribution >= 4 is 45.6 Å². The van der Waals surface area contributed by atoms with Gasteiger partial charge < -0.3 is 5.32 Å². The second-order valence-electron chi connectivity index (χ2n) is 3.90. The molecular weight excluding hydrogens is 379 g/mol. The summed E-state index contributed by atoms with van der Waals surface area (Å²) in [5.74, 6) is 0. The zero-order chi connectivity index (χ0) is 13.8. The third-order valence-corrected chi connectivity index (χ3v) is 3.66. The first-order valence-electron chi connectivity index (χ1n) is 5.48. The highest BCUT2D eigenvalue weighted by atomic mass is 127. The van der Waals surface area contributed by atoms with Gasteiger partial charge in [-0.25, -0.2) is 0 Å². The number of nitrogens with one attached hydrogen (secondary N) is 1. The molecule has 0 unspecified atom stereocenters. The van der Waals surface area contributed by atoms with Crippen molar-refractivity contribution in [2.24, 2.45) is 0 Å². The summed E-state index contributed by atoms with van der Waals surface area (Å²) in [5.41, 5.74) is 2.02. The van der Waals surface area contributed by atoms with Gasteiger partial charge in [-0.2, -0.15) is 0 Å². The summed E-state index contributed by atoms with van der Waals surface area (Å²) in [5, 5.41) is 14.6. The molecule has 0 aliphatic heterocycles. The SMILES string of the molecule is O=[N+]([O-])c1ccc(NCc2cccc(Cl)c2)c(I)c1. The molecule has 0 spiro atoms. The Morgan fingerprint density at radius 2 is 2.05 bits per heavy atom. The van der Waals surface area contributed by atoms with Crippen molar-refractivity contribution in [3.63, 3.8) is 0 Å². The normalized spacial score (nSPS) is 10.2. The summed E-state index contributed by atoms with van der Waals surface area (Å²) >= 11 is 7.99. The third-order valence-electron chi connectivity index (χ3n) is 2.54. The molecule has 0 atom stereocenters. The van der Waals surface area contributed by atoms with Crippen molar-refractivity contribution in [1.82, 2.24) is 0 Å². The monoisotopic (exact) mass is 388 g/mol. The van der Waals surface area contributed by atoms with E-state index < -0.39 is 4.92 Å². The number of anilines is 1. The number of halogens is 2. The lowest BCUT2D eigenvalue weighted by molar-refractivity contribution is -0.384. The molecule has 0 saturated carbocycles. The molecule has 2 rings (SSSR count). The number of nitro benzene ring substituents is 1.